The maximum atomic E-state index is 5.24. The van der Waals surface area contributed by atoms with Crippen molar-refractivity contribution < 1.29 is 4.74 Å². The van der Waals surface area contributed by atoms with Crippen LogP contribution in [0.2, 0.25) is 0 Å². The van der Waals surface area contributed by atoms with Crippen LogP contribution < -0.4 is 10.1 Å². The monoisotopic (exact) mass is 219 g/mol. The van der Waals surface area contributed by atoms with E-state index in [1.165, 1.54) is 11.1 Å². The number of likely N-dealkylation sites (N-methyl/N-ethyl adjacent to an activating group) is 1. The molecule has 0 amide bonds. The zero-order valence-corrected chi connectivity index (χ0v) is 10.6. The molecule has 2 nitrogen and oxygen atoms in total. The van der Waals surface area contributed by atoms with Gasteiger partial charge in [-0.05, 0) is 38.1 Å². The van der Waals surface area contributed by atoms with Crippen molar-refractivity contribution in [3.63, 3.8) is 0 Å². The molecule has 1 aromatic carbocycles. The first-order chi connectivity index (χ1) is 7.67. The fraction of sp³-hybridized carbons (Fsp3) is 0.429. The summed E-state index contributed by atoms with van der Waals surface area (Å²) in [5.74, 6) is 0.905. The third kappa shape index (κ3) is 3.70. The molecule has 0 aliphatic carbocycles. The van der Waals surface area contributed by atoms with Gasteiger partial charge in [0.25, 0.3) is 0 Å². The maximum Gasteiger partial charge on any atom is 0.119 e. The van der Waals surface area contributed by atoms with Crippen LogP contribution in [0.5, 0.6) is 5.75 Å². The SMILES string of the molecule is CCNC(C=C(C)C)c1cccc(OC)c1. The Morgan fingerprint density at radius 1 is 1.44 bits per heavy atom. The molecule has 1 N–H and O–H groups in total. The zero-order valence-electron chi connectivity index (χ0n) is 10.6. The molecule has 0 aliphatic heterocycles. The van der Waals surface area contributed by atoms with E-state index in [-0.39, 0.29) is 6.04 Å². The molecule has 2 heteroatoms. The highest BCUT2D eigenvalue weighted by molar-refractivity contribution is 5.32. The summed E-state index contributed by atoms with van der Waals surface area (Å²) < 4.78 is 5.24. The highest BCUT2D eigenvalue weighted by atomic mass is 16.5. The molecule has 0 saturated heterocycles. The summed E-state index contributed by atoms with van der Waals surface area (Å²) in [6, 6.07) is 8.46. The lowest BCUT2D eigenvalue weighted by molar-refractivity contribution is 0.413. The normalized spacial score (nSPS) is 12.0. The Balaban J connectivity index is 2.95. The average molecular weight is 219 g/mol. The Labute approximate surface area is 98.3 Å². The molecule has 0 radical (unpaired) electrons. The van der Waals surface area contributed by atoms with Gasteiger partial charge >= 0.3 is 0 Å². The fourth-order valence-corrected chi connectivity index (χ4v) is 1.66. The predicted octanol–water partition coefficient (Wildman–Crippen LogP) is 3.31. The lowest BCUT2D eigenvalue weighted by Crippen LogP contribution is -2.19. The number of hydrogen-bond acceptors (Lipinski definition) is 2. The summed E-state index contributed by atoms with van der Waals surface area (Å²) in [5.41, 5.74) is 2.55. The summed E-state index contributed by atoms with van der Waals surface area (Å²) in [7, 11) is 1.70. The van der Waals surface area contributed by atoms with Gasteiger partial charge in [0.15, 0.2) is 0 Å². The molecule has 0 spiro atoms. The van der Waals surface area contributed by atoms with E-state index in [0.717, 1.165) is 12.3 Å². The van der Waals surface area contributed by atoms with E-state index in [0.29, 0.717) is 0 Å². The van der Waals surface area contributed by atoms with Gasteiger partial charge in [0.05, 0.1) is 13.2 Å². The van der Waals surface area contributed by atoms with Gasteiger partial charge in [0, 0.05) is 0 Å². The van der Waals surface area contributed by atoms with Gasteiger partial charge in [-0.25, -0.2) is 0 Å². The van der Waals surface area contributed by atoms with E-state index in [9.17, 15) is 0 Å². The molecule has 0 aromatic heterocycles. The van der Waals surface area contributed by atoms with Gasteiger partial charge in [0.1, 0.15) is 5.75 Å². The Kier molecular flexibility index (Phi) is 5.06. The zero-order chi connectivity index (χ0) is 12.0. The van der Waals surface area contributed by atoms with Crippen LogP contribution in [0.4, 0.5) is 0 Å². The molecule has 0 bridgehead atoms. The number of allylic oxidation sites excluding steroid dienone is 1. The smallest absolute Gasteiger partial charge is 0.119 e. The number of nitrogens with one attached hydrogen (secondary N) is 1. The molecule has 0 aliphatic rings. The van der Waals surface area contributed by atoms with Crippen molar-refractivity contribution in [2.75, 3.05) is 13.7 Å². The van der Waals surface area contributed by atoms with Crippen LogP contribution in [-0.2, 0) is 0 Å². The van der Waals surface area contributed by atoms with E-state index in [4.69, 9.17) is 4.74 Å². The van der Waals surface area contributed by atoms with Gasteiger partial charge in [-0.15, -0.1) is 0 Å². The topological polar surface area (TPSA) is 21.3 Å². The summed E-state index contributed by atoms with van der Waals surface area (Å²) in [6.07, 6.45) is 2.23. The van der Waals surface area contributed by atoms with Crippen molar-refractivity contribution in [1.82, 2.24) is 5.32 Å². The van der Waals surface area contributed by atoms with Crippen LogP contribution in [0.3, 0.4) is 0 Å². The molecule has 0 heterocycles. The first-order valence-electron chi connectivity index (χ1n) is 5.69. The van der Waals surface area contributed by atoms with E-state index in [1.807, 2.05) is 12.1 Å². The number of benzene rings is 1. The molecule has 0 fully saturated rings. The fourth-order valence-electron chi connectivity index (χ4n) is 1.66. The molecule has 16 heavy (non-hydrogen) atoms. The molecule has 0 saturated carbocycles. The quantitative estimate of drug-likeness (QED) is 0.767. The van der Waals surface area contributed by atoms with Crippen molar-refractivity contribution in [1.29, 1.82) is 0 Å². The van der Waals surface area contributed by atoms with Crippen molar-refractivity contribution in [3.8, 4) is 5.75 Å². The summed E-state index contributed by atoms with van der Waals surface area (Å²) >= 11 is 0. The molecular formula is C14H21NO. The van der Waals surface area contributed by atoms with Gasteiger partial charge in [0.2, 0.25) is 0 Å². The lowest BCUT2D eigenvalue weighted by atomic mass is 10.0. The van der Waals surface area contributed by atoms with Crippen LogP contribution in [0.15, 0.2) is 35.9 Å². The van der Waals surface area contributed by atoms with Gasteiger partial charge in [-0.3, -0.25) is 0 Å². The lowest BCUT2D eigenvalue weighted by Gasteiger charge is -2.16. The Hall–Kier alpha value is -1.28. The average Bonchev–Trinajstić information content (AvgIpc) is 2.28. The maximum absolute atomic E-state index is 5.24. The minimum absolute atomic E-state index is 0.269. The van der Waals surface area contributed by atoms with E-state index in [2.05, 4.69) is 44.3 Å². The molecule has 1 rings (SSSR count). The van der Waals surface area contributed by atoms with Gasteiger partial charge in [-0.1, -0.05) is 30.7 Å². The van der Waals surface area contributed by atoms with Crippen LogP contribution in [0, 0.1) is 0 Å². The van der Waals surface area contributed by atoms with Crippen molar-refractivity contribution in [2.24, 2.45) is 0 Å². The molecule has 88 valence electrons. The Morgan fingerprint density at radius 2 is 2.19 bits per heavy atom. The minimum atomic E-state index is 0.269. The summed E-state index contributed by atoms with van der Waals surface area (Å²) in [5, 5.41) is 3.45. The first-order valence-corrected chi connectivity index (χ1v) is 5.69. The second-order valence-electron chi connectivity index (χ2n) is 4.06. The minimum Gasteiger partial charge on any atom is -0.497 e. The van der Waals surface area contributed by atoms with E-state index >= 15 is 0 Å². The van der Waals surface area contributed by atoms with E-state index in [1.54, 1.807) is 7.11 Å². The van der Waals surface area contributed by atoms with Crippen LogP contribution in [0.1, 0.15) is 32.4 Å². The van der Waals surface area contributed by atoms with Gasteiger partial charge < -0.3 is 10.1 Å². The number of methoxy groups -OCH3 is 1. The van der Waals surface area contributed by atoms with Crippen molar-refractivity contribution in [2.45, 2.75) is 26.8 Å². The molecule has 1 aromatic rings. The number of hydrogen-bond donors (Lipinski definition) is 1. The summed E-state index contributed by atoms with van der Waals surface area (Å²) in [4.78, 5) is 0. The Bertz CT molecular complexity index is 354. The standard InChI is InChI=1S/C14H21NO/c1-5-15-14(9-11(2)3)12-7-6-8-13(10-12)16-4/h6-10,14-15H,5H2,1-4H3. The largest absolute Gasteiger partial charge is 0.497 e. The van der Waals surface area contributed by atoms with E-state index < -0.39 is 0 Å². The third-order valence-electron chi connectivity index (χ3n) is 2.38. The second kappa shape index (κ2) is 6.33. The summed E-state index contributed by atoms with van der Waals surface area (Å²) in [6.45, 7) is 7.30. The van der Waals surface area contributed by atoms with Crippen LogP contribution in [-0.4, -0.2) is 13.7 Å². The second-order valence-corrected chi connectivity index (χ2v) is 4.06. The molecule has 1 unspecified atom stereocenters. The number of rotatable bonds is 5. The van der Waals surface area contributed by atoms with Crippen LogP contribution in [0.25, 0.3) is 0 Å². The molecule has 1 atom stereocenters. The number of ether oxygens (including phenoxy) is 1. The Morgan fingerprint density at radius 3 is 2.75 bits per heavy atom. The van der Waals surface area contributed by atoms with Gasteiger partial charge in [-0.2, -0.15) is 0 Å². The third-order valence-corrected chi connectivity index (χ3v) is 2.38. The predicted molar refractivity (Wildman–Crippen MR) is 68.8 cm³/mol. The highest BCUT2D eigenvalue weighted by Gasteiger charge is 2.07. The van der Waals surface area contributed by atoms with Crippen molar-refractivity contribution in [3.05, 3.63) is 41.5 Å². The highest BCUT2D eigenvalue weighted by Crippen LogP contribution is 2.21. The van der Waals surface area contributed by atoms with Crippen LogP contribution >= 0.6 is 0 Å². The first kappa shape index (κ1) is 12.8. The molecular weight excluding hydrogens is 198 g/mol. The van der Waals surface area contributed by atoms with Crippen molar-refractivity contribution >= 4 is 0 Å².